The molecule has 0 amide bonds. The molecule has 1 saturated heterocycles. The molecular weight excluding hydrogens is 204 g/mol. The summed E-state index contributed by atoms with van der Waals surface area (Å²) < 4.78 is 7.83. The van der Waals surface area contributed by atoms with Crippen molar-refractivity contribution in [2.45, 2.75) is 45.4 Å². The number of nitrogens with two attached hydrogens (primary N) is 1. The van der Waals surface area contributed by atoms with Gasteiger partial charge in [0.05, 0.1) is 24.7 Å². The lowest BCUT2D eigenvalue weighted by atomic mass is 9.89. The van der Waals surface area contributed by atoms with E-state index in [1.165, 1.54) is 0 Å². The van der Waals surface area contributed by atoms with Gasteiger partial charge in [0, 0.05) is 7.05 Å². The van der Waals surface area contributed by atoms with Gasteiger partial charge in [-0.15, -0.1) is 10.2 Å². The highest BCUT2D eigenvalue weighted by atomic mass is 16.5. The summed E-state index contributed by atoms with van der Waals surface area (Å²) >= 11 is 0. The maximum Gasteiger partial charge on any atom is 0.146 e. The minimum absolute atomic E-state index is 0.193. The average molecular weight is 224 g/mol. The first-order valence-corrected chi connectivity index (χ1v) is 5.80. The van der Waals surface area contributed by atoms with Crippen LogP contribution in [0.1, 0.15) is 38.3 Å². The molecule has 1 aliphatic heterocycles. The van der Waals surface area contributed by atoms with Gasteiger partial charge in [-0.1, -0.05) is 6.92 Å². The van der Waals surface area contributed by atoms with E-state index in [0.717, 1.165) is 11.6 Å². The van der Waals surface area contributed by atoms with Crippen molar-refractivity contribution in [1.82, 2.24) is 14.8 Å². The molecular formula is C11H20N4O. The standard InChI is InChI=1S/C11H20N4O/c1-6-7(2)16-8(3)10(6)11-14-13-9(5-12)15(11)4/h6-8,10H,5,12H2,1-4H3. The number of hydrogen-bond acceptors (Lipinski definition) is 4. The number of rotatable bonds is 2. The van der Waals surface area contributed by atoms with Crippen molar-refractivity contribution in [1.29, 1.82) is 0 Å². The lowest BCUT2D eigenvalue weighted by Crippen LogP contribution is -2.20. The van der Waals surface area contributed by atoms with Gasteiger partial charge in [-0.3, -0.25) is 0 Å². The first-order chi connectivity index (χ1) is 7.56. The number of ether oxygens (including phenoxy) is 1. The smallest absolute Gasteiger partial charge is 0.146 e. The topological polar surface area (TPSA) is 66.0 Å². The Morgan fingerprint density at radius 3 is 2.38 bits per heavy atom. The molecule has 5 nitrogen and oxygen atoms in total. The van der Waals surface area contributed by atoms with E-state index in [0.29, 0.717) is 18.4 Å². The molecule has 2 heterocycles. The second kappa shape index (κ2) is 4.14. The van der Waals surface area contributed by atoms with Crippen LogP contribution >= 0.6 is 0 Å². The molecule has 4 atom stereocenters. The van der Waals surface area contributed by atoms with Crippen LogP contribution < -0.4 is 5.73 Å². The van der Waals surface area contributed by atoms with Gasteiger partial charge in [0.1, 0.15) is 11.6 Å². The molecule has 2 N–H and O–H groups in total. The van der Waals surface area contributed by atoms with Crippen molar-refractivity contribution in [2.75, 3.05) is 0 Å². The maximum atomic E-state index is 5.83. The minimum Gasteiger partial charge on any atom is -0.374 e. The third kappa shape index (κ3) is 1.64. The fourth-order valence-electron chi connectivity index (χ4n) is 2.56. The van der Waals surface area contributed by atoms with Crippen LogP contribution in [0.15, 0.2) is 0 Å². The van der Waals surface area contributed by atoms with Crippen LogP contribution in [0.5, 0.6) is 0 Å². The summed E-state index contributed by atoms with van der Waals surface area (Å²) in [6.45, 7) is 6.84. The average Bonchev–Trinajstić information content (AvgIpc) is 2.70. The molecule has 1 fully saturated rings. The Morgan fingerprint density at radius 1 is 1.25 bits per heavy atom. The highest BCUT2D eigenvalue weighted by Gasteiger charge is 2.40. The summed E-state index contributed by atoms with van der Waals surface area (Å²) in [5.41, 5.74) is 5.60. The second-order valence-corrected chi connectivity index (χ2v) is 4.67. The van der Waals surface area contributed by atoms with E-state index in [2.05, 4.69) is 31.0 Å². The molecule has 0 radical (unpaired) electrons. The lowest BCUT2D eigenvalue weighted by molar-refractivity contribution is 0.0552. The Morgan fingerprint density at radius 2 is 1.94 bits per heavy atom. The molecule has 0 saturated carbocycles. The summed E-state index contributed by atoms with van der Waals surface area (Å²) in [4.78, 5) is 0. The normalized spacial score (nSPS) is 34.6. The van der Waals surface area contributed by atoms with Gasteiger partial charge in [0.2, 0.25) is 0 Å². The molecule has 4 unspecified atom stereocenters. The Kier molecular flexibility index (Phi) is 2.99. The Bertz CT molecular complexity index is 376. The summed E-state index contributed by atoms with van der Waals surface area (Å²) in [7, 11) is 1.97. The molecule has 16 heavy (non-hydrogen) atoms. The number of hydrogen-bond donors (Lipinski definition) is 1. The molecule has 90 valence electrons. The summed E-state index contributed by atoms with van der Waals surface area (Å²) in [6, 6.07) is 0. The van der Waals surface area contributed by atoms with Gasteiger partial charge in [-0.25, -0.2) is 0 Å². The Balaban J connectivity index is 2.33. The zero-order chi connectivity index (χ0) is 11.9. The van der Waals surface area contributed by atoms with E-state index in [4.69, 9.17) is 10.5 Å². The first kappa shape index (κ1) is 11.5. The van der Waals surface area contributed by atoms with Gasteiger partial charge in [0.25, 0.3) is 0 Å². The lowest BCUT2D eigenvalue weighted by Gasteiger charge is -2.17. The predicted molar refractivity (Wildman–Crippen MR) is 60.8 cm³/mol. The molecule has 1 aliphatic rings. The zero-order valence-corrected chi connectivity index (χ0v) is 10.3. The molecule has 0 aromatic carbocycles. The zero-order valence-electron chi connectivity index (χ0n) is 10.3. The van der Waals surface area contributed by atoms with Crippen LogP contribution in [-0.2, 0) is 18.3 Å². The van der Waals surface area contributed by atoms with E-state index in [1.807, 2.05) is 11.6 Å². The molecule has 0 bridgehead atoms. The van der Waals surface area contributed by atoms with Crippen LogP contribution in [0.3, 0.4) is 0 Å². The molecule has 0 spiro atoms. The van der Waals surface area contributed by atoms with Crippen LogP contribution in [0.2, 0.25) is 0 Å². The fourth-order valence-corrected chi connectivity index (χ4v) is 2.56. The highest BCUT2D eigenvalue weighted by Crippen LogP contribution is 2.38. The summed E-state index contributed by atoms with van der Waals surface area (Å²) in [6.07, 6.45) is 0.469. The van der Waals surface area contributed by atoms with E-state index >= 15 is 0 Å². The third-order valence-corrected chi connectivity index (χ3v) is 3.72. The van der Waals surface area contributed by atoms with Gasteiger partial charge in [-0.2, -0.15) is 0 Å². The van der Waals surface area contributed by atoms with Gasteiger partial charge >= 0.3 is 0 Å². The van der Waals surface area contributed by atoms with Gasteiger partial charge < -0.3 is 15.0 Å². The van der Waals surface area contributed by atoms with Crippen LogP contribution in [-0.4, -0.2) is 27.0 Å². The molecule has 2 rings (SSSR count). The molecule has 1 aromatic rings. The first-order valence-electron chi connectivity index (χ1n) is 5.80. The highest BCUT2D eigenvalue weighted by molar-refractivity contribution is 5.08. The van der Waals surface area contributed by atoms with Crippen LogP contribution in [0.25, 0.3) is 0 Å². The maximum absolute atomic E-state index is 5.83. The van der Waals surface area contributed by atoms with Crippen LogP contribution in [0, 0.1) is 5.92 Å². The second-order valence-electron chi connectivity index (χ2n) is 4.67. The van der Waals surface area contributed by atoms with Crippen molar-refractivity contribution in [3.63, 3.8) is 0 Å². The van der Waals surface area contributed by atoms with E-state index in [9.17, 15) is 0 Å². The summed E-state index contributed by atoms with van der Waals surface area (Å²) in [5, 5.41) is 8.36. The van der Waals surface area contributed by atoms with Crippen molar-refractivity contribution in [2.24, 2.45) is 18.7 Å². The van der Waals surface area contributed by atoms with Gasteiger partial charge in [0.15, 0.2) is 0 Å². The van der Waals surface area contributed by atoms with Crippen molar-refractivity contribution in [3.05, 3.63) is 11.6 Å². The molecule has 0 aliphatic carbocycles. The quantitative estimate of drug-likeness (QED) is 0.807. The Hall–Kier alpha value is -0.940. The molecule has 1 aromatic heterocycles. The largest absolute Gasteiger partial charge is 0.374 e. The van der Waals surface area contributed by atoms with Crippen molar-refractivity contribution < 1.29 is 4.74 Å². The summed E-state index contributed by atoms with van der Waals surface area (Å²) in [5.74, 6) is 2.59. The van der Waals surface area contributed by atoms with Crippen molar-refractivity contribution in [3.8, 4) is 0 Å². The number of nitrogens with zero attached hydrogens (tertiary/aromatic N) is 3. The minimum atomic E-state index is 0.193. The monoisotopic (exact) mass is 224 g/mol. The van der Waals surface area contributed by atoms with E-state index in [1.54, 1.807) is 0 Å². The SMILES string of the molecule is CC1OC(C)C(c2nnc(CN)n2C)C1C. The third-order valence-electron chi connectivity index (χ3n) is 3.72. The van der Waals surface area contributed by atoms with Crippen molar-refractivity contribution >= 4 is 0 Å². The van der Waals surface area contributed by atoms with Gasteiger partial charge in [-0.05, 0) is 19.8 Å². The predicted octanol–water partition coefficient (Wildman–Crippen LogP) is 0.801. The Labute approximate surface area is 96.0 Å². The molecule has 5 heteroatoms. The van der Waals surface area contributed by atoms with Crippen LogP contribution in [0.4, 0.5) is 0 Å². The fraction of sp³-hybridized carbons (Fsp3) is 0.818. The van der Waals surface area contributed by atoms with E-state index in [-0.39, 0.29) is 12.2 Å². The number of aromatic nitrogens is 3. The van der Waals surface area contributed by atoms with E-state index < -0.39 is 0 Å².